The average molecular weight is 316 g/mol. The molecule has 4 rings (SSSR count). The van der Waals surface area contributed by atoms with Crippen molar-refractivity contribution in [2.75, 3.05) is 0 Å². The van der Waals surface area contributed by atoms with Crippen molar-refractivity contribution in [3.63, 3.8) is 0 Å². The zero-order chi connectivity index (χ0) is 16.4. The Kier molecular flexibility index (Phi) is 3.83. The van der Waals surface area contributed by atoms with E-state index in [1.165, 1.54) is 11.6 Å². The summed E-state index contributed by atoms with van der Waals surface area (Å²) in [7, 11) is 0. The number of nitrogens with zero attached hydrogens (tertiary/aromatic N) is 1. The molecule has 1 N–H and O–H groups in total. The zero-order valence-electron chi connectivity index (χ0n) is 13.2. The van der Waals surface area contributed by atoms with Crippen LogP contribution in [0.15, 0.2) is 72.8 Å². The molecular weight excluding hydrogens is 299 g/mol. The Hall–Kier alpha value is -2.94. The molecule has 1 heterocycles. The summed E-state index contributed by atoms with van der Waals surface area (Å²) >= 11 is 0. The fourth-order valence-corrected chi connectivity index (χ4v) is 2.95. The lowest BCUT2D eigenvalue weighted by atomic mass is 10.1. The second-order valence-electron chi connectivity index (χ2n) is 5.87. The van der Waals surface area contributed by atoms with E-state index in [0.717, 1.165) is 28.0 Å². The Balaban J connectivity index is 1.58. The normalized spacial score (nSPS) is 11.0. The lowest BCUT2D eigenvalue weighted by molar-refractivity contribution is 0.607. The lowest BCUT2D eigenvalue weighted by Gasteiger charge is -2.01. The Morgan fingerprint density at radius 1 is 0.792 bits per heavy atom. The predicted octanol–water partition coefficient (Wildman–Crippen LogP) is 5.15. The number of imidazole rings is 1. The van der Waals surface area contributed by atoms with Crippen LogP contribution in [0, 0.1) is 5.82 Å². The maximum Gasteiger partial charge on any atom is 0.126 e. The number of fused-ring (bicyclic) bond motifs is 1. The van der Waals surface area contributed by atoms with Crippen LogP contribution in [-0.4, -0.2) is 9.97 Å². The Bertz CT molecular complexity index is 973. The highest BCUT2D eigenvalue weighted by Crippen LogP contribution is 2.23. The van der Waals surface area contributed by atoms with Crippen LogP contribution in [-0.2, 0) is 12.8 Å². The first-order chi connectivity index (χ1) is 11.8. The molecule has 4 aromatic rings. The van der Waals surface area contributed by atoms with E-state index in [0.29, 0.717) is 12.8 Å². The van der Waals surface area contributed by atoms with Gasteiger partial charge in [-0.25, -0.2) is 9.37 Å². The van der Waals surface area contributed by atoms with E-state index in [1.54, 1.807) is 6.07 Å². The van der Waals surface area contributed by atoms with Crippen LogP contribution in [0.4, 0.5) is 4.39 Å². The summed E-state index contributed by atoms with van der Waals surface area (Å²) in [5.74, 6) is 0.735. The molecule has 0 saturated carbocycles. The van der Waals surface area contributed by atoms with E-state index in [2.05, 4.69) is 34.2 Å². The van der Waals surface area contributed by atoms with Crippen LogP contribution in [0.25, 0.3) is 22.2 Å². The van der Waals surface area contributed by atoms with Gasteiger partial charge >= 0.3 is 0 Å². The molecule has 1 aromatic heterocycles. The van der Waals surface area contributed by atoms with Gasteiger partial charge in [-0.15, -0.1) is 0 Å². The third-order valence-corrected chi connectivity index (χ3v) is 4.23. The number of benzene rings is 3. The molecule has 3 heteroatoms. The van der Waals surface area contributed by atoms with Crippen molar-refractivity contribution in [1.29, 1.82) is 0 Å². The van der Waals surface area contributed by atoms with Crippen LogP contribution >= 0.6 is 0 Å². The second kappa shape index (κ2) is 6.28. The number of nitrogens with one attached hydrogen (secondary N) is 1. The number of aryl methyl sites for hydroxylation is 2. The van der Waals surface area contributed by atoms with Crippen LogP contribution in [0.5, 0.6) is 0 Å². The van der Waals surface area contributed by atoms with Crippen LogP contribution in [0.2, 0.25) is 0 Å². The van der Waals surface area contributed by atoms with Crippen molar-refractivity contribution in [3.8, 4) is 11.1 Å². The van der Waals surface area contributed by atoms with Crippen molar-refractivity contribution in [2.24, 2.45) is 0 Å². The molecule has 0 fully saturated rings. The third kappa shape index (κ3) is 2.93. The summed E-state index contributed by atoms with van der Waals surface area (Å²) in [5.41, 5.74) is 5.02. The summed E-state index contributed by atoms with van der Waals surface area (Å²) in [6.45, 7) is 0. The highest BCUT2D eigenvalue weighted by molar-refractivity contribution is 5.81. The zero-order valence-corrected chi connectivity index (χ0v) is 13.2. The minimum atomic E-state index is -0.153. The van der Waals surface area contributed by atoms with Gasteiger partial charge in [-0.1, -0.05) is 54.6 Å². The van der Waals surface area contributed by atoms with E-state index in [-0.39, 0.29) is 5.82 Å². The van der Waals surface area contributed by atoms with Gasteiger partial charge in [0.05, 0.1) is 11.0 Å². The molecule has 0 bridgehead atoms. The molecule has 0 aliphatic rings. The standard InChI is InChI=1S/C21H17FN2/c22-18-9-5-4-8-16(18)11-13-21-23-19-12-10-17(14-20(19)24-21)15-6-2-1-3-7-15/h1-10,12,14H,11,13H2,(H,23,24). The predicted molar refractivity (Wildman–Crippen MR) is 95.3 cm³/mol. The number of aromatic nitrogens is 2. The van der Waals surface area contributed by atoms with Crippen molar-refractivity contribution >= 4 is 11.0 Å². The SMILES string of the molecule is Fc1ccccc1CCc1nc2ccc(-c3ccccc3)cc2[nH]1. The van der Waals surface area contributed by atoms with Crippen molar-refractivity contribution < 1.29 is 4.39 Å². The van der Waals surface area contributed by atoms with Crippen LogP contribution in [0.3, 0.4) is 0 Å². The molecule has 0 amide bonds. The summed E-state index contributed by atoms with van der Waals surface area (Å²) in [6, 6.07) is 23.4. The molecule has 3 aromatic carbocycles. The minimum absolute atomic E-state index is 0.153. The van der Waals surface area contributed by atoms with Gasteiger partial charge < -0.3 is 4.98 Å². The molecule has 2 nitrogen and oxygen atoms in total. The number of rotatable bonds is 4. The van der Waals surface area contributed by atoms with E-state index < -0.39 is 0 Å². The van der Waals surface area contributed by atoms with Gasteiger partial charge in [0.2, 0.25) is 0 Å². The first kappa shape index (κ1) is 14.6. The lowest BCUT2D eigenvalue weighted by Crippen LogP contribution is -1.96. The maximum atomic E-state index is 13.7. The van der Waals surface area contributed by atoms with E-state index in [4.69, 9.17) is 0 Å². The van der Waals surface area contributed by atoms with Gasteiger partial charge in [-0.3, -0.25) is 0 Å². The average Bonchev–Trinajstić information content (AvgIpc) is 3.04. The Labute approximate surface area is 140 Å². The highest BCUT2D eigenvalue weighted by Gasteiger charge is 2.07. The fourth-order valence-electron chi connectivity index (χ4n) is 2.95. The first-order valence-electron chi connectivity index (χ1n) is 8.07. The monoisotopic (exact) mass is 316 g/mol. The summed E-state index contributed by atoms with van der Waals surface area (Å²) in [5, 5.41) is 0. The van der Waals surface area contributed by atoms with Gasteiger partial charge in [-0.05, 0) is 41.3 Å². The van der Waals surface area contributed by atoms with Gasteiger partial charge in [0.1, 0.15) is 11.6 Å². The smallest absolute Gasteiger partial charge is 0.126 e. The molecular formula is C21H17FN2. The van der Waals surface area contributed by atoms with Gasteiger partial charge in [0.15, 0.2) is 0 Å². The molecule has 0 spiro atoms. The molecule has 118 valence electrons. The molecule has 0 aliphatic carbocycles. The number of aromatic amines is 1. The van der Waals surface area contributed by atoms with Crippen LogP contribution in [0.1, 0.15) is 11.4 Å². The number of hydrogen-bond donors (Lipinski definition) is 1. The Morgan fingerprint density at radius 2 is 1.58 bits per heavy atom. The third-order valence-electron chi connectivity index (χ3n) is 4.23. The highest BCUT2D eigenvalue weighted by atomic mass is 19.1. The van der Waals surface area contributed by atoms with E-state index in [9.17, 15) is 4.39 Å². The van der Waals surface area contributed by atoms with Crippen LogP contribution < -0.4 is 0 Å². The maximum absolute atomic E-state index is 13.7. The molecule has 0 unspecified atom stereocenters. The van der Waals surface area contributed by atoms with Crippen molar-refractivity contribution in [2.45, 2.75) is 12.8 Å². The van der Waals surface area contributed by atoms with Gasteiger partial charge in [0.25, 0.3) is 0 Å². The van der Waals surface area contributed by atoms with E-state index in [1.807, 2.05) is 36.4 Å². The topological polar surface area (TPSA) is 28.7 Å². The molecule has 0 saturated heterocycles. The van der Waals surface area contributed by atoms with E-state index >= 15 is 0 Å². The number of halogens is 1. The number of hydrogen-bond acceptors (Lipinski definition) is 1. The molecule has 0 aliphatic heterocycles. The summed E-state index contributed by atoms with van der Waals surface area (Å²) in [4.78, 5) is 7.98. The quantitative estimate of drug-likeness (QED) is 0.554. The van der Waals surface area contributed by atoms with Crippen molar-refractivity contribution in [3.05, 3.63) is 90.0 Å². The summed E-state index contributed by atoms with van der Waals surface area (Å²) in [6.07, 6.45) is 1.33. The summed E-state index contributed by atoms with van der Waals surface area (Å²) < 4.78 is 13.7. The number of H-pyrrole nitrogens is 1. The van der Waals surface area contributed by atoms with Crippen molar-refractivity contribution in [1.82, 2.24) is 9.97 Å². The molecule has 24 heavy (non-hydrogen) atoms. The van der Waals surface area contributed by atoms with Gasteiger partial charge in [0, 0.05) is 6.42 Å². The Morgan fingerprint density at radius 3 is 2.42 bits per heavy atom. The first-order valence-corrected chi connectivity index (χ1v) is 8.07. The fraction of sp³-hybridized carbons (Fsp3) is 0.0952. The molecule has 0 atom stereocenters. The van der Waals surface area contributed by atoms with Gasteiger partial charge in [-0.2, -0.15) is 0 Å². The minimum Gasteiger partial charge on any atom is -0.342 e. The second-order valence-corrected chi connectivity index (χ2v) is 5.87. The molecule has 0 radical (unpaired) electrons. The largest absolute Gasteiger partial charge is 0.342 e.